The van der Waals surface area contributed by atoms with Crippen LogP contribution in [0.5, 0.6) is 0 Å². The lowest BCUT2D eigenvalue weighted by Crippen LogP contribution is -2.00. The maximum atomic E-state index is 8.42. The van der Waals surface area contributed by atoms with Crippen LogP contribution in [-0.4, -0.2) is 30.5 Å². The Kier molecular flexibility index (Phi) is 1.89. The van der Waals surface area contributed by atoms with Crippen LogP contribution in [-0.2, 0) is 4.74 Å². The van der Waals surface area contributed by atoms with Crippen molar-refractivity contribution in [1.82, 2.24) is 0 Å². The third kappa shape index (κ3) is 1.57. The number of hydrogen-bond donors (Lipinski definition) is 1. The minimum Gasteiger partial charge on any atom is -0.394 e. The Morgan fingerprint density at radius 2 is 2.44 bits per heavy atom. The maximum absolute atomic E-state index is 8.42. The van der Waals surface area contributed by atoms with Crippen molar-refractivity contribution in [3.63, 3.8) is 0 Å². The molecular formula is C4H7N3O2. The van der Waals surface area contributed by atoms with Crippen molar-refractivity contribution in [3.8, 4) is 0 Å². The monoisotopic (exact) mass is 129 g/mol. The number of nitrogens with zero attached hydrogens (tertiary/aromatic N) is 3. The molecule has 0 spiro atoms. The van der Waals surface area contributed by atoms with Crippen molar-refractivity contribution in [1.29, 1.82) is 0 Å². The van der Waals surface area contributed by atoms with Gasteiger partial charge in [-0.3, -0.25) is 0 Å². The molecule has 1 aliphatic rings. The molecule has 1 fully saturated rings. The van der Waals surface area contributed by atoms with E-state index in [-0.39, 0.29) is 18.8 Å². The number of hydrogen-bond acceptors (Lipinski definition) is 3. The van der Waals surface area contributed by atoms with Crippen molar-refractivity contribution in [2.45, 2.75) is 12.2 Å². The first-order valence-electron chi connectivity index (χ1n) is 2.65. The van der Waals surface area contributed by atoms with E-state index in [0.29, 0.717) is 6.54 Å². The maximum Gasteiger partial charge on any atom is 0.107 e. The number of aliphatic hydroxyl groups excluding tert-OH is 1. The molecule has 1 heterocycles. The summed E-state index contributed by atoms with van der Waals surface area (Å²) in [5, 5.41) is 11.7. The molecule has 0 saturated carbocycles. The lowest BCUT2D eigenvalue weighted by Gasteiger charge is -1.79. The van der Waals surface area contributed by atoms with Crippen LogP contribution in [0.3, 0.4) is 0 Å². The summed E-state index contributed by atoms with van der Waals surface area (Å²) in [5.74, 6) is 0. The van der Waals surface area contributed by atoms with Gasteiger partial charge in [-0.05, 0) is 5.53 Å². The van der Waals surface area contributed by atoms with Gasteiger partial charge in [-0.2, -0.15) is 0 Å². The molecule has 5 nitrogen and oxygen atoms in total. The molecule has 0 amide bonds. The summed E-state index contributed by atoms with van der Waals surface area (Å²) in [4.78, 5) is 2.55. The van der Waals surface area contributed by atoms with Gasteiger partial charge in [0, 0.05) is 4.91 Å². The SMILES string of the molecule is [N-]=[N+]=NCC1OC1CO. The number of azide groups is 1. The second-order valence-corrected chi connectivity index (χ2v) is 1.81. The zero-order chi connectivity index (χ0) is 6.69. The van der Waals surface area contributed by atoms with Gasteiger partial charge in [0.2, 0.25) is 0 Å². The van der Waals surface area contributed by atoms with E-state index in [1.54, 1.807) is 0 Å². The predicted molar refractivity (Wildman–Crippen MR) is 29.8 cm³/mol. The summed E-state index contributed by atoms with van der Waals surface area (Å²) in [6, 6.07) is 0. The highest BCUT2D eigenvalue weighted by atomic mass is 16.6. The summed E-state index contributed by atoms with van der Waals surface area (Å²) < 4.78 is 4.85. The molecule has 1 rings (SSSR count). The fourth-order valence-corrected chi connectivity index (χ4v) is 0.617. The molecule has 1 saturated heterocycles. The summed E-state index contributed by atoms with van der Waals surface area (Å²) in [6.07, 6.45) is -0.124. The molecule has 0 aromatic heterocycles. The number of rotatable bonds is 3. The number of epoxide rings is 1. The molecule has 5 heteroatoms. The quantitative estimate of drug-likeness (QED) is 0.253. The lowest BCUT2D eigenvalue weighted by atomic mass is 10.3. The van der Waals surface area contributed by atoms with Gasteiger partial charge in [0.25, 0.3) is 0 Å². The lowest BCUT2D eigenvalue weighted by molar-refractivity contribution is 0.242. The smallest absolute Gasteiger partial charge is 0.107 e. The Bertz CT molecular complexity index is 143. The van der Waals surface area contributed by atoms with Gasteiger partial charge in [-0.25, -0.2) is 0 Å². The molecule has 1 aliphatic heterocycles. The van der Waals surface area contributed by atoms with Gasteiger partial charge in [0.05, 0.1) is 19.3 Å². The fraction of sp³-hybridized carbons (Fsp3) is 1.00. The molecular weight excluding hydrogens is 122 g/mol. The molecule has 2 unspecified atom stereocenters. The van der Waals surface area contributed by atoms with Crippen LogP contribution >= 0.6 is 0 Å². The normalized spacial score (nSPS) is 31.2. The van der Waals surface area contributed by atoms with E-state index in [1.807, 2.05) is 0 Å². The van der Waals surface area contributed by atoms with Crippen molar-refractivity contribution in [3.05, 3.63) is 10.4 Å². The molecule has 50 valence electrons. The average molecular weight is 129 g/mol. The Morgan fingerprint density at radius 3 is 2.89 bits per heavy atom. The van der Waals surface area contributed by atoms with Gasteiger partial charge >= 0.3 is 0 Å². The predicted octanol–water partition coefficient (Wildman–Crippen LogP) is 0.0564. The molecule has 0 aromatic rings. The molecule has 0 radical (unpaired) electrons. The molecule has 2 atom stereocenters. The minimum atomic E-state index is -0.0875. The Labute approximate surface area is 51.9 Å². The summed E-state index contributed by atoms with van der Waals surface area (Å²) >= 11 is 0. The van der Waals surface area contributed by atoms with Crippen molar-refractivity contribution in [2.24, 2.45) is 5.11 Å². The first-order valence-corrected chi connectivity index (χ1v) is 2.65. The molecule has 1 N–H and O–H groups in total. The highest BCUT2D eigenvalue weighted by molar-refractivity contribution is 4.85. The van der Waals surface area contributed by atoms with E-state index in [9.17, 15) is 0 Å². The highest BCUT2D eigenvalue weighted by Gasteiger charge is 2.36. The Hall–Kier alpha value is -0.770. The minimum absolute atomic E-state index is 0.0195. The second-order valence-electron chi connectivity index (χ2n) is 1.81. The zero-order valence-electron chi connectivity index (χ0n) is 4.77. The first kappa shape index (κ1) is 6.35. The molecule has 0 bridgehead atoms. The van der Waals surface area contributed by atoms with Gasteiger partial charge in [-0.1, -0.05) is 5.11 Å². The third-order valence-corrected chi connectivity index (χ3v) is 1.19. The number of ether oxygens (including phenoxy) is 1. The van der Waals surface area contributed by atoms with Gasteiger partial charge in [0.15, 0.2) is 0 Å². The third-order valence-electron chi connectivity index (χ3n) is 1.19. The van der Waals surface area contributed by atoms with Crippen LogP contribution in [0.15, 0.2) is 5.11 Å². The zero-order valence-corrected chi connectivity index (χ0v) is 4.77. The molecule has 0 aliphatic carbocycles. The standard InChI is InChI=1S/C4H7N3O2/c5-7-6-1-3-4(2-8)9-3/h3-4,8H,1-2H2. The topological polar surface area (TPSA) is 81.5 Å². The van der Waals surface area contributed by atoms with Crippen LogP contribution in [0.25, 0.3) is 10.4 Å². The van der Waals surface area contributed by atoms with Crippen molar-refractivity contribution < 1.29 is 9.84 Å². The van der Waals surface area contributed by atoms with E-state index in [1.165, 1.54) is 0 Å². The largest absolute Gasteiger partial charge is 0.394 e. The van der Waals surface area contributed by atoms with Gasteiger partial charge in [0.1, 0.15) is 6.10 Å². The van der Waals surface area contributed by atoms with E-state index in [0.717, 1.165) is 0 Å². The van der Waals surface area contributed by atoms with Gasteiger partial charge < -0.3 is 9.84 Å². The van der Waals surface area contributed by atoms with Crippen LogP contribution in [0.2, 0.25) is 0 Å². The highest BCUT2D eigenvalue weighted by Crippen LogP contribution is 2.20. The Balaban J connectivity index is 2.12. The average Bonchev–Trinajstić information content (AvgIpc) is 2.62. The molecule has 9 heavy (non-hydrogen) atoms. The van der Waals surface area contributed by atoms with Crippen LogP contribution < -0.4 is 0 Å². The van der Waals surface area contributed by atoms with Gasteiger partial charge in [-0.15, -0.1) is 0 Å². The second kappa shape index (κ2) is 2.68. The van der Waals surface area contributed by atoms with E-state index < -0.39 is 0 Å². The molecule has 0 aromatic carbocycles. The fourth-order valence-electron chi connectivity index (χ4n) is 0.617. The Morgan fingerprint density at radius 1 is 1.67 bits per heavy atom. The van der Waals surface area contributed by atoms with E-state index in [2.05, 4.69) is 10.0 Å². The summed E-state index contributed by atoms with van der Waals surface area (Å²) in [7, 11) is 0. The van der Waals surface area contributed by atoms with Crippen LogP contribution in [0.1, 0.15) is 0 Å². The van der Waals surface area contributed by atoms with E-state index in [4.69, 9.17) is 15.4 Å². The first-order chi connectivity index (χ1) is 4.38. The van der Waals surface area contributed by atoms with E-state index >= 15 is 0 Å². The van der Waals surface area contributed by atoms with Crippen LogP contribution in [0, 0.1) is 0 Å². The summed E-state index contributed by atoms with van der Waals surface area (Å²) in [5.41, 5.74) is 7.84. The van der Waals surface area contributed by atoms with Crippen LogP contribution in [0.4, 0.5) is 0 Å². The summed E-state index contributed by atoms with van der Waals surface area (Å²) in [6.45, 7) is 0.355. The van der Waals surface area contributed by atoms with Crippen molar-refractivity contribution in [2.75, 3.05) is 13.2 Å². The number of aliphatic hydroxyl groups is 1. The van der Waals surface area contributed by atoms with Crippen molar-refractivity contribution >= 4 is 0 Å².